The van der Waals surface area contributed by atoms with Crippen LogP contribution < -0.4 is 10.6 Å². The van der Waals surface area contributed by atoms with Crippen LogP contribution in [-0.4, -0.2) is 39.8 Å². The van der Waals surface area contributed by atoms with Crippen molar-refractivity contribution in [2.24, 2.45) is 13.0 Å². The molecule has 118 valence electrons. The van der Waals surface area contributed by atoms with Crippen molar-refractivity contribution in [3.05, 3.63) is 23.0 Å². The first-order valence-corrected chi connectivity index (χ1v) is 8.34. The van der Waals surface area contributed by atoms with E-state index in [0.29, 0.717) is 10.8 Å². The Morgan fingerprint density at radius 1 is 1.55 bits per heavy atom. The second kappa shape index (κ2) is 6.18. The molecule has 0 radical (unpaired) electrons. The van der Waals surface area contributed by atoms with Gasteiger partial charge in [0.15, 0.2) is 0 Å². The van der Waals surface area contributed by atoms with Crippen molar-refractivity contribution in [1.29, 1.82) is 0 Å². The third-order valence-corrected chi connectivity index (χ3v) is 5.26. The third-order valence-electron chi connectivity index (χ3n) is 4.06. The molecule has 2 N–H and O–H groups in total. The predicted molar refractivity (Wildman–Crippen MR) is 87.0 cm³/mol. The van der Waals surface area contributed by atoms with Crippen LogP contribution in [0.5, 0.6) is 0 Å². The molecular formula is C15H21N5OS. The van der Waals surface area contributed by atoms with Crippen LogP contribution in [0.4, 0.5) is 0 Å². The SMILES string of the molecule is Cc1nc(-c2cnn(C)c2)sc1C(=O)NC1CCNCC1C. The minimum Gasteiger partial charge on any atom is -0.348 e. The summed E-state index contributed by atoms with van der Waals surface area (Å²) in [5.41, 5.74) is 1.73. The molecule has 0 spiro atoms. The highest BCUT2D eigenvalue weighted by atomic mass is 32.1. The Hall–Kier alpha value is -1.73. The van der Waals surface area contributed by atoms with E-state index in [1.54, 1.807) is 10.9 Å². The number of hydrogen-bond donors (Lipinski definition) is 2. The Morgan fingerprint density at radius 3 is 3.05 bits per heavy atom. The number of hydrogen-bond acceptors (Lipinski definition) is 5. The van der Waals surface area contributed by atoms with Gasteiger partial charge in [0.2, 0.25) is 0 Å². The highest BCUT2D eigenvalue weighted by Gasteiger charge is 2.25. The molecule has 2 atom stereocenters. The monoisotopic (exact) mass is 319 g/mol. The lowest BCUT2D eigenvalue weighted by atomic mass is 9.95. The number of thiazole rings is 1. The van der Waals surface area contributed by atoms with E-state index in [4.69, 9.17) is 0 Å². The number of piperidine rings is 1. The van der Waals surface area contributed by atoms with Crippen molar-refractivity contribution >= 4 is 17.2 Å². The summed E-state index contributed by atoms with van der Waals surface area (Å²) in [6, 6.07) is 0.233. The minimum absolute atomic E-state index is 0.0103. The second-order valence-corrected chi connectivity index (χ2v) is 6.89. The van der Waals surface area contributed by atoms with E-state index < -0.39 is 0 Å². The smallest absolute Gasteiger partial charge is 0.263 e. The van der Waals surface area contributed by atoms with E-state index in [2.05, 4.69) is 27.6 Å². The number of aromatic nitrogens is 3. The Labute approximate surface area is 133 Å². The lowest BCUT2D eigenvalue weighted by Gasteiger charge is -2.30. The molecule has 2 unspecified atom stereocenters. The molecule has 6 nitrogen and oxygen atoms in total. The number of nitrogens with one attached hydrogen (secondary N) is 2. The summed E-state index contributed by atoms with van der Waals surface area (Å²) in [5.74, 6) is 0.438. The molecule has 0 aliphatic carbocycles. The molecule has 1 aliphatic heterocycles. The fraction of sp³-hybridized carbons (Fsp3) is 0.533. The van der Waals surface area contributed by atoms with Crippen molar-refractivity contribution in [3.8, 4) is 10.6 Å². The van der Waals surface area contributed by atoms with E-state index >= 15 is 0 Å². The number of aryl methyl sites for hydroxylation is 2. The van der Waals surface area contributed by atoms with Gasteiger partial charge in [-0.2, -0.15) is 5.10 Å². The second-order valence-electron chi connectivity index (χ2n) is 5.89. The number of nitrogens with zero attached hydrogens (tertiary/aromatic N) is 3. The van der Waals surface area contributed by atoms with Gasteiger partial charge in [-0.1, -0.05) is 6.92 Å². The summed E-state index contributed by atoms with van der Waals surface area (Å²) in [6.45, 7) is 5.96. The molecule has 2 aromatic heterocycles. The Morgan fingerprint density at radius 2 is 2.36 bits per heavy atom. The average molecular weight is 319 g/mol. The van der Waals surface area contributed by atoms with Crippen molar-refractivity contribution in [2.45, 2.75) is 26.3 Å². The maximum Gasteiger partial charge on any atom is 0.263 e. The molecule has 2 aromatic rings. The van der Waals surface area contributed by atoms with Crippen LogP contribution in [0.15, 0.2) is 12.4 Å². The van der Waals surface area contributed by atoms with Crippen molar-refractivity contribution in [3.63, 3.8) is 0 Å². The van der Waals surface area contributed by atoms with E-state index in [0.717, 1.165) is 35.8 Å². The zero-order chi connectivity index (χ0) is 15.7. The number of amides is 1. The first kappa shape index (κ1) is 15.2. The Balaban J connectivity index is 1.76. The molecule has 1 amide bonds. The molecule has 0 aromatic carbocycles. The van der Waals surface area contributed by atoms with Crippen LogP contribution in [0.2, 0.25) is 0 Å². The van der Waals surface area contributed by atoms with Crippen LogP contribution in [0.3, 0.4) is 0 Å². The van der Waals surface area contributed by atoms with Gasteiger partial charge in [0.25, 0.3) is 5.91 Å². The quantitative estimate of drug-likeness (QED) is 0.901. The van der Waals surface area contributed by atoms with Gasteiger partial charge in [-0.05, 0) is 32.4 Å². The van der Waals surface area contributed by atoms with Gasteiger partial charge in [0.1, 0.15) is 9.88 Å². The zero-order valence-corrected chi connectivity index (χ0v) is 13.9. The summed E-state index contributed by atoms with van der Waals surface area (Å²) in [7, 11) is 1.87. The van der Waals surface area contributed by atoms with Crippen LogP contribution in [0.25, 0.3) is 10.6 Å². The van der Waals surface area contributed by atoms with E-state index in [1.165, 1.54) is 11.3 Å². The lowest BCUT2D eigenvalue weighted by Crippen LogP contribution is -2.48. The van der Waals surface area contributed by atoms with E-state index in [1.807, 2.05) is 20.2 Å². The highest BCUT2D eigenvalue weighted by Crippen LogP contribution is 2.27. The molecule has 3 rings (SSSR count). The Kier molecular flexibility index (Phi) is 4.26. The molecule has 3 heterocycles. The van der Waals surface area contributed by atoms with Gasteiger partial charge in [-0.3, -0.25) is 9.48 Å². The summed E-state index contributed by atoms with van der Waals surface area (Å²) in [6.07, 6.45) is 4.66. The number of carbonyl (C=O) groups is 1. The third kappa shape index (κ3) is 3.05. The van der Waals surface area contributed by atoms with Gasteiger partial charge in [-0.15, -0.1) is 11.3 Å². The number of rotatable bonds is 3. The molecule has 1 aliphatic rings. The summed E-state index contributed by atoms with van der Waals surface area (Å²) < 4.78 is 1.74. The van der Waals surface area contributed by atoms with Gasteiger partial charge in [0, 0.05) is 24.8 Å². The van der Waals surface area contributed by atoms with Gasteiger partial charge in [0.05, 0.1) is 11.9 Å². The normalized spacial score (nSPS) is 21.8. The summed E-state index contributed by atoms with van der Waals surface area (Å²) in [4.78, 5) is 17.8. The van der Waals surface area contributed by atoms with E-state index in [-0.39, 0.29) is 11.9 Å². The van der Waals surface area contributed by atoms with Gasteiger partial charge in [-0.25, -0.2) is 4.98 Å². The number of carbonyl (C=O) groups excluding carboxylic acids is 1. The van der Waals surface area contributed by atoms with Crippen LogP contribution >= 0.6 is 11.3 Å². The van der Waals surface area contributed by atoms with Crippen molar-refractivity contribution in [1.82, 2.24) is 25.4 Å². The summed E-state index contributed by atoms with van der Waals surface area (Å²) >= 11 is 1.43. The largest absolute Gasteiger partial charge is 0.348 e. The molecule has 22 heavy (non-hydrogen) atoms. The molecule has 0 bridgehead atoms. The zero-order valence-electron chi connectivity index (χ0n) is 13.1. The van der Waals surface area contributed by atoms with Gasteiger partial charge < -0.3 is 10.6 Å². The first-order valence-electron chi connectivity index (χ1n) is 7.52. The topological polar surface area (TPSA) is 71.8 Å². The average Bonchev–Trinajstić information content (AvgIpc) is 3.07. The highest BCUT2D eigenvalue weighted by molar-refractivity contribution is 7.17. The van der Waals surface area contributed by atoms with Crippen LogP contribution in [0.1, 0.15) is 28.7 Å². The Bertz CT molecular complexity index is 677. The van der Waals surface area contributed by atoms with Crippen molar-refractivity contribution < 1.29 is 4.79 Å². The van der Waals surface area contributed by atoms with Crippen LogP contribution in [0, 0.1) is 12.8 Å². The van der Waals surface area contributed by atoms with Gasteiger partial charge >= 0.3 is 0 Å². The minimum atomic E-state index is -0.0103. The molecule has 0 saturated carbocycles. The summed E-state index contributed by atoms with van der Waals surface area (Å²) in [5, 5.41) is 11.5. The molecule has 7 heteroatoms. The fourth-order valence-corrected chi connectivity index (χ4v) is 3.67. The predicted octanol–water partition coefficient (Wildman–Crippen LogP) is 1.58. The standard InChI is InChI=1S/C15H21N5OS/c1-9-6-16-5-4-12(9)19-14(21)13-10(2)18-15(22-13)11-7-17-20(3)8-11/h7-9,12,16H,4-6H2,1-3H3,(H,19,21). The van der Waals surface area contributed by atoms with E-state index in [9.17, 15) is 4.79 Å². The maximum atomic E-state index is 12.5. The maximum absolute atomic E-state index is 12.5. The fourth-order valence-electron chi connectivity index (χ4n) is 2.72. The molecule has 1 saturated heterocycles. The van der Waals surface area contributed by atoms with Crippen molar-refractivity contribution in [2.75, 3.05) is 13.1 Å². The lowest BCUT2D eigenvalue weighted by molar-refractivity contribution is 0.0917. The van der Waals surface area contributed by atoms with Crippen LogP contribution in [-0.2, 0) is 7.05 Å². The first-order chi connectivity index (χ1) is 10.5. The molecular weight excluding hydrogens is 298 g/mol. The molecule has 1 fully saturated rings.